The van der Waals surface area contributed by atoms with E-state index >= 15 is 0 Å². The van der Waals surface area contributed by atoms with Crippen LogP contribution in [0.5, 0.6) is 0 Å². The van der Waals surface area contributed by atoms with Crippen LogP contribution in [-0.2, 0) is 23.7 Å². The minimum atomic E-state index is -1.73. The molecule has 5 aliphatic carbocycles. The lowest BCUT2D eigenvalue weighted by atomic mass is 9.33. The monoisotopic (exact) mass is 766 g/mol. The number of aliphatic carboxylic acids is 1. The lowest BCUT2D eigenvalue weighted by molar-refractivity contribution is -0.368. The van der Waals surface area contributed by atoms with Gasteiger partial charge in [-0.3, -0.25) is 4.79 Å². The number of fused-ring (bicyclic) bond motifs is 7. The fraction of sp³-hybridized carbons (Fsp3) is 0.927. The van der Waals surface area contributed by atoms with E-state index in [-0.39, 0.29) is 46.7 Å². The maximum Gasteiger partial charge on any atom is 0.310 e. The van der Waals surface area contributed by atoms with E-state index in [9.17, 15) is 45.6 Å². The summed E-state index contributed by atoms with van der Waals surface area (Å²) < 4.78 is 24.1. The Hall–Kier alpha value is -1.23. The van der Waals surface area contributed by atoms with Gasteiger partial charge in [0.1, 0.15) is 42.7 Å². The SMILES string of the molecule is CC1(C)CC[C@]2(C(=O)O)CC[C@]3(C)C(=CC[C@@H]4[C@@]5(C)CC[C@H](O[C@@H]6OC[C@H](O)[C@H](O)[C@H]6O[C@@H]6O[C@H](CO)[C@@H](O)[C@H](O)[C@H]6O)[C@@](C)(CO)[C@@H]5CC[C@]43C)[C@@H]2C1. The van der Waals surface area contributed by atoms with Crippen molar-refractivity contribution in [1.29, 1.82) is 0 Å². The second-order valence-corrected chi connectivity index (χ2v) is 20.1. The quantitative estimate of drug-likeness (QED) is 0.138. The maximum atomic E-state index is 13.0. The van der Waals surface area contributed by atoms with Crippen LogP contribution in [0.3, 0.4) is 0 Å². The first-order valence-corrected chi connectivity index (χ1v) is 20.4. The molecule has 2 aliphatic heterocycles. The summed E-state index contributed by atoms with van der Waals surface area (Å²) in [4.78, 5) is 13.0. The second kappa shape index (κ2) is 14.0. The maximum absolute atomic E-state index is 13.0. The Labute approximate surface area is 319 Å². The molecule has 0 unspecified atom stereocenters. The third-order valence-electron chi connectivity index (χ3n) is 17.0. The van der Waals surface area contributed by atoms with Crippen LogP contribution in [0.15, 0.2) is 11.6 Å². The van der Waals surface area contributed by atoms with Crippen LogP contribution < -0.4 is 0 Å². The van der Waals surface area contributed by atoms with Gasteiger partial charge in [-0.2, -0.15) is 0 Å². The number of hydrogen-bond acceptors (Lipinski definition) is 12. The van der Waals surface area contributed by atoms with Crippen molar-refractivity contribution in [2.75, 3.05) is 19.8 Å². The van der Waals surface area contributed by atoms with Crippen LogP contribution in [0.2, 0.25) is 0 Å². The van der Waals surface area contributed by atoms with Crippen LogP contribution in [0.25, 0.3) is 0 Å². The van der Waals surface area contributed by atoms with Crippen LogP contribution in [0, 0.1) is 50.2 Å². The van der Waals surface area contributed by atoms with Gasteiger partial charge < -0.3 is 59.8 Å². The Kier molecular flexibility index (Phi) is 10.6. The molecular weight excluding hydrogens is 700 g/mol. The van der Waals surface area contributed by atoms with Gasteiger partial charge in [0.05, 0.1) is 31.3 Å². The Morgan fingerprint density at radius 1 is 0.815 bits per heavy atom. The zero-order valence-electron chi connectivity index (χ0n) is 32.9. The van der Waals surface area contributed by atoms with Gasteiger partial charge >= 0.3 is 5.97 Å². The molecular formula is C41H66O13. The number of hydrogen-bond donors (Lipinski definition) is 8. The Balaban J connectivity index is 1.15. The smallest absolute Gasteiger partial charge is 0.310 e. The predicted molar refractivity (Wildman–Crippen MR) is 193 cm³/mol. The Morgan fingerprint density at radius 2 is 1.52 bits per heavy atom. The molecule has 7 aliphatic rings. The third-order valence-corrected chi connectivity index (χ3v) is 17.0. The number of carboxylic acid groups (broad SMARTS) is 1. The van der Waals surface area contributed by atoms with Crippen LogP contribution >= 0.6 is 0 Å². The van der Waals surface area contributed by atoms with Crippen molar-refractivity contribution in [2.45, 2.75) is 167 Å². The van der Waals surface area contributed by atoms with Crippen molar-refractivity contribution in [1.82, 2.24) is 0 Å². The van der Waals surface area contributed by atoms with Crippen LogP contribution in [0.4, 0.5) is 0 Å². The topological polar surface area (TPSA) is 216 Å². The van der Waals surface area contributed by atoms with E-state index < -0.39 is 84.8 Å². The van der Waals surface area contributed by atoms with E-state index in [4.69, 9.17) is 18.9 Å². The summed E-state index contributed by atoms with van der Waals surface area (Å²) in [6.07, 6.45) is -3.32. The highest BCUT2D eigenvalue weighted by molar-refractivity contribution is 5.76. The normalized spacial score (nSPS) is 54.3. The fourth-order valence-corrected chi connectivity index (χ4v) is 13.4. The fourth-order valence-electron chi connectivity index (χ4n) is 13.4. The molecule has 2 heterocycles. The molecule has 7 rings (SSSR count). The second-order valence-electron chi connectivity index (χ2n) is 20.1. The lowest BCUT2D eigenvalue weighted by Crippen LogP contribution is -2.67. The van der Waals surface area contributed by atoms with E-state index in [1.54, 1.807) is 0 Å². The lowest BCUT2D eigenvalue weighted by Gasteiger charge is -2.71. The average Bonchev–Trinajstić information content (AvgIpc) is 3.12. The van der Waals surface area contributed by atoms with Gasteiger partial charge in [-0.1, -0.05) is 53.2 Å². The minimum absolute atomic E-state index is 0.0233. The summed E-state index contributed by atoms with van der Waals surface area (Å²) >= 11 is 0. The molecule has 4 saturated carbocycles. The molecule has 0 amide bonds. The van der Waals surface area contributed by atoms with Gasteiger partial charge in [0.25, 0.3) is 0 Å². The van der Waals surface area contributed by atoms with E-state index in [2.05, 4.69) is 47.6 Å². The molecule has 0 aromatic rings. The summed E-state index contributed by atoms with van der Waals surface area (Å²) in [7, 11) is 0. The number of aliphatic hydroxyl groups is 7. The first-order chi connectivity index (χ1) is 25.2. The highest BCUT2D eigenvalue weighted by Crippen LogP contribution is 2.76. The largest absolute Gasteiger partial charge is 0.481 e. The molecule has 8 N–H and O–H groups in total. The Morgan fingerprint density at radius 3 is 2.19 bits per heavy atom. The molecule has 54 heavy (non-hydrogen) atoms. The molecule has 13 heteroatoms. The summed E-state index contributed by atoms with van der Waals surface area (Å²) in [5, 5.41) is 84.7. The van der Waals surface area contributed by atoms with Crippen molar-refractivity contribution in [2.24, 2.45) is 50.2 Å². The van der Waals surface area contributed by atoms with Crippen LogP contribution in [0.1, 0.15) is 106 Å². The summed E-state index contributed by atoms with van der Waals surface area (Å²) in [5.74, 6) is -0.265. The van der Waals surface area contributed by atoms with Crippen molar-refractivity contribution in [3.8, 4) is 0 Å². The molecule has 6 fully saturated rings. The first kappa shape index (κ1) is 40.9. The molecule has 0 spiro atoms. The van der Waals surface area contributed by atoms with Crippen molar-refractivity contribution in [3.63, 3.8) is 0 Å². The number of carboxylic acids is 1. The number of carbonyl (C=O) groups is 1. The van der Waals surface area contributed by atoms with Gasteiger partial charge in [0.15, 0.2) is 12.6 Å². The van der Waals surface area contributed by atoms with E-state index in [0.29, 0.717) is 18.8 Å². The van der Waals surface area contributed by atoms with E-state index in [1.165, 1.54) is 5.57 Å². The molecule has 18 atom stereocenters. The highest BCUT2D eigenvalue weighted by atomic mass is 16.8. The predicted octanol–water partition coefficient (Wildman–Crippen LogP) is 2.49. The zero-order valence-corrected chi connectivity index (χ0v) is 32.9. The van der Waals surface area contributed by atoms with Gasteiger partial charge in [0, 0.05) is 5.41 Å². The molecule has 13 nitrogen and oxygen atoms in total. The number of allylic oxidation sites excluding steroid dienone is 2. The molecule has 0 bridgehead atoms. The van der Waals surface area contributed by atoms with E-state index in [0.717, 1.165) is 51.4 Å². The van der Waals surface area contributed by atoms with Crippen molar-refractivity contribution in [3.05, 3.63) is 11.6 Å². The highest BCUT2D eigenvalue weighted by Gasteiger charge is 2.70. The molecule has 0 aromatic heterocycles. The van der Waals surface area contributed by atoms with Crippen molar-refractivity contribution >= 4 is 5.97 Å². The summed E-state index contributed by atoms with van der Waals surface area (Å²) in [6, 6.07) is 0. The first-order valence-electron chi connectivity index (χ1n) is 20.4. The third kappa shape index (κ3) is 5.92. The summed E-state index contributed by atoms with van der Waals surface area (Å²) in [6.45, 7) is 12.8. The summed E-state index contributed by atoms with van der Waals surface area (Å²) in [5.41, 5.74) is -0.367. The average molecular weight is 767 g/mol. The minimum Gasteiger partial charge on any atom is -0.481 e. The number of aliphatic hydroxyl groups excluding tert-OH is 7. The Bertz CT molecular complexity index is 1450. The van der Waals surface area contributed by atoms with Gasteiger partial charge in [-0.25, -0.2) is 0 Å². The van der Waals surface area contributed by atoms with Gasteiger partial charge in [0.2, 0.25) is 0 Å². The molecule has 2 saturated heterocycles. The molecule has 308 valence electrons. The van der Waals surface area contributed by atoms with Gasteiger partial charge in [-0.15, -0.1) is 0 Å². The zero-order chi connectivity index (χ0) is 39.4. The molecule has 0 aromatic carbocycles. The van der Waals surface area contributed by atoms with Gasteiger partial charge in [-0.05, 0) is 104 Å². The standard InChI is InChI=1S/C41H66O13/c1-36(2)13-15-41(35(49)50)16-14-39(5)21(22(41)17-36)7-8-26-37(3)11-10-27(38(4,20-43)25(37)9-12-40(26,39)6)53-34-32(28(45)23(44)19-51-34)54-33-31(48)30(47)29(46)24(18-42)52-33/h7,22-34,42-48H,8-20H2,1-6H3,(H,49,50)/t22-,23-,24+,25+,26+,27-,28-,29+,30-,31+,32+,33-,34-,37-,38-,39+,40+,41-/m0/s1. The van der Waals surface area contributed by atoms with Crippen LogP contribution in [-0.4, -0.2) is 128 Å². The van der Waals surface area contributed by atoms with E-state index in [1.807, 2.05) is 0 Å². The molecule has 0 radical (unpaired) electrons. The van der Waals surface area contributed by atoms with Crippen molar-refractivity contribution < 1.29 is 64.6 Å². The number of rotatable bonds is 7. The number of ether oxygens (including phenoxy) is 4.